The Balaban J connectivity index is 2.12. The number of esters is 1. The van der Waals surface area contributed by atoms with Gasteiger partial charge in [0.1, 0.15) is 4.88 Å². The number of hydrogen-bond donors (Lipinski definition) is 1. The van der Waals surface area contributed by atoms with E-state index in [1.165, 1.54) is 16.2 Å². The molecule has 3 nitrogen and oxygen atoms in total. The van der Waals surface area contributed by atoms with Crippen molar-refractivity contribution in [3.63, 3.8) is 0 Å². The van der Waals surface area contributed by atoms with Gasteiger partial charge in [-0.25, -0.2) is 4.79 Å². The molecule has 0 fully saturated rings. The zero-order chi connectivity index (χ0) is 13.0. The lowest BCUT2D eigenvalue weighted by Crippen LogP contribution is -2.03. The average molecular weight is 281 g/mol. The van der Waals surface area contributed by atoms with Gasteiger partial charge < -0.3 is 10.1 Å². The van der Waals surface area contributed by atoms with Gasteiger partial charge in [0.2, 0.25) is 0 Å². The lowest BCUT2D eigenvalue weighted by Gasteiger charge is -1.99. The molecule has 0 atom stereocenters. The van der Waals surface area contributed by atoms with E-state index in [1.807, 2.05) is 32.2 Å². The van der Waals surface area contributed by atoms with Gasteiger partial charge in [0, 0.05) is 16.8 Å². The largest absolute Gasteiger partial charge is 0.462 e. The van der Waals surface area contributed by atoms with Crippen molar-refractivity contribution in [2.24, 2.45) is 0 Å². The molecule has 0 spiro atoms. The topological polar surface area (TPSA) is 38.3 Å². The van der Waals surface area contributed by atoms with Gasteiger partial charge in [0.15, 0.2) is 0 Å². The molecule has 2 aromatic rings. The Kier molecular flexibility index (Phi) is 4.38. The quantitative estimate of drug-likeness (QED) is 0.839. The lowest BCUT2D eigenvalue weighted by atomic mass is 10.3. The van der Waals surface area contributed by atoms with E-state index in [-0.39, 0.29) is 5.97 Å². The highest BCUT2D eigenvalue weighted by Gasteiger charge is 2.12. The molecule has 1 N–H and O–H groups in total. The summed E-state index contributed by atoms with van der Waals surface area (Å²) in [5.41, 5.74) is 0. The first-order chi connectivity index (χ1) is 8.74. The highest BCUT2D eigenvalue weighted by Crippen LogP contribution is 2.35. The molecule has 2 rings (SSSR count). The van der Waals surface area contributed by atoms with E-state index in [0.717, 1.165) is 16.3 Å². The molecule has 5 heteroatoms. The molecule has 18 heavy (non-hydrogen) atoms. The number of ether oxygens (including phenoxy) is 1. The molecule has 0 unspecified atom stereocenters. The monoisotopic (exact) mass is 281 g/mol. The van der Waals surface area contributed by atoms with E-state index >= 15 is 0 Å². The first-order valence-electron chi connectivity index (χ1n) is 5.79. The van der Waals surface area contributed by atoms with E-state index in [4.69, 9.17) is 4.74 Å². The number of rotatable bonds is 5. The fraction of sp³-hybridized carbons (Fsp3) is 0.308. The number of hydrogen-bond acceptors (Lipinski definition) is 5. The van der Waals surface area contributed by atoms with Crippen LogP contribution in [0.15, 0.2) is 24.3 Å². The van der Waals surface area contributed by atoms with Crippen molar-refractivity contribution in [3.8, 4) is 9.75 Å². The Bertz CT molecular complexity index is 531. The third-order valence-corrected chi connectivity index (χ3v) is 4.70. The summed E-state index contributed by atoms with van der Waals surface area (Å²) in [4.78, 5) is 14.6. The zero-order valence-corrected chi connectivity index (χ0v) is 12.0. The van der Waals surface area contributed by atoms with Gasteiger partial charge in [-0.15, -0.1) is 22.7 Å². The van der Waals surface area contributed by atoms with Crippen LogP contribution in [0.3, 0.4) is 0 Å². The number of carbonyl (C=O) groups excluding carboxylic acids is 1. The van der Waals surface area contributed by atoms with Gasteiger partial charge in [-0.1, -0.05) is 6.92 Å². The molecule has 0 aliphatic rings. The molecule has 0 saturated carbocycles. The zero-order valence-electron chi connectivity index (χ0n) is 10.4. The summed E-state index contributed by atoms with van der Waals surface area (Å²) in [6.45, 7) is 2.47. The summed E-state index contributed by atoms with van der Waals surface area (Å²) in [5.74, 6) is -0.224. The second kappa shape index (κ2) is 6.02. The van der Waals surface area contributed by atoms with Gasteiger partial charge >= 0.3 is 5.97 Å². The van der Waals surface area contributed by atoms with Crippen LogP contribution < -0.4 is 5.32 Å². The molecule has 0 saturated heterocycles. The molecule has 96 valence electrons. The van der Waals surface area contributed by atoms with Crippen molar-refractivity contribution in [2.75, 3.05) is 19.0 Å². The van der Waals surface area contributed by atoms with Gasteiger partial charge in [-0.05, 0) is 30.7 Å². The summed E-state index contributed by atoms with van der Waals surface area (Å²) in [6.07, 6.45) is 0.848. The SMILES string of the molecule is CCCOC(=O)c1ccc(-c2ccc(NC)s2)s1. The van der Waals surface area contributed by atoms with Crippen molar-refractivity contribution in [3.05, 3.63) is 29.1 Å². The Hall–Kier alpha value is -1.33. The lowest BCUT2D eigenvalue weighted by molar-refractivity contribution is 0.0511. The minimum atomic E-state index is -0.224. The van der Waals surface area contributed by atoms with Gasteiger partial charge in [-0.3, -0.25) is 0 Å². The molecule has 0 aromatic carbocycles. The summed E-state index contributed by atoms with van der Waals surface area (Å²) >= 11 is 3.15. The molecular weight excluding hydrogens is 266 g/mol. The summed E-state index contributed by atoms with van der Waals surface area (Å²) in [5, 5.41) is 4.23. The summed E-state index contributed by atoms with van der Waals surface area (Å²) in [7, 11) is 1.90. The number of anilines is 1. The van der Waals surface area contributed by atoms with Crippen LogP contribution in [0.2, 0.25) is 0 Å². The van der Waals surface area contributed by atoms with E-state index in [9.17, 15) is 4.79 Å². The second-order valence-corrected chi connectivity index (χ2v) is 5.88. The van der Waals surface area contributed by atoms with Crippen LogP contribution in [-0.2, 0) is 4.74 Å². The third-order valence-electron chi connectivity index (χ3n) is 2.34. The molecule has 0 radical (unpaired) electrons. The second-order valence-electron chi connectivity index (χ2n) is 3.71. The van der Waals surface area contributed by atoms with Crippen LogP contribution in [0.4, 0.5) is 5.00 Å². The van der Waals surface area contributed by atoms with E-state index in [0.29, 0.717) is 11.5 Å². The molecule has 0 aliphatic carbocycles. The highest BCUT2D eigenvalue weighted by atomic mass is 32.1. The number of thiophene rings is 2. The Morgan fingerprint density at radius 2 is 1.94 bits per heavy atom. The maximum atomic E-state index is 11.7. The molecule has 0 amide bonds. The predicted octanol–water partition coefficient (Wildman–Crippen LogP) is 4.09. The normalized spacial score (nSPS) is 10.3. The fourth-order valence-corrected chi connectivity index (χ4v) is 3.30. The van der Waals surface area contributed by atoms with E-state index in [1.54, 1.807) is 11.3 Å². The number of nitrogens with one attached hydrogen (secondary N) is 1. The number of carbonyl (C=O) groups is 1. The summed E-state index contributed by atoms with van der Waals surface area (Å²) < 4.78 is 5.12. The third kappa shape index (κ3) is 2.91. The predicted molar refractivity (Wildman–Crippen MR) is 77.8 cm³/mol. The Labute approximate surface area is 114 Å². The van der Waals surface area contributed by atoms with Gasteiger partial charge in [0.05, 0.1) is 11.6 Å². The smallest absolute Gasteiger partial charge is 0.348 e. The fourth-order valence-electron chi connectivity index (χ4n) is 1.45. The maximum Gasteiger partial charge on any atom is 0.348 e. The first kappa shape index (κ1) is 13.1. The van der Waals surface area contributed by atoms with Crippen molar-refractivity contribution in [2.45, 2.75) is 13.3 Å². The van der Waals surface area contributed by atoms with Crippen molar-refractivity contribution in [1.82, 2.24) is 0 Å². The molecular formula is C13H15NO2S2. The average Bonchev–Trinajstić information content (AvgIpc) is 3.03. The Morgan fingerprint density at radius 1 is 1.22 bits per heavy atom. The van der Waals surface area contributed by atoms with Crippen molar-refractivity contribution >= 4 is 33.6 Å². The van der Waals surface area contributed by atoms with Crippen LogP contribution in [0.25, 0.3) is 9.75 Å². The highest BCUT2D eigenvalue weighted by molar-refractivity contribution is 7.24. The van der Waals surface area contributed by atoms with Crippen LogP contribution >= 0.6 is 22.7 Å². The van der Waals surface area contributed by atoms with Gasteiger partial charge in [0.25, 0.3) is 0 Å². The van der Waals surface area contributed by atoms with E-state index in [2.05, 4.69) is 11.4 Å². The van der Waals surface area contributed by atoms with Crippen molar-refractivity contribution in [1.29, 1.82) is 0 Å². The van der Waals surface area contributed by atoms with Crippen molar-refractivity contribution < 1.29 is 9.53 Å². The minimum Gasteiger partial charge on any atom is -0.462 e. The van der Waals surface area contributed by atoms with Crippen LogP contribution in [-0.4, -0.2) is 19.6 Å². The van der Waals surface area contributed by atoms with E-state index < -0.39 is 0 Å². The first-order valence-corrected chi connectivity index (χ1v) is 7.42. The minimum absolute atomic E-state index is 0.224. The van der Waals surface area contributed by atoms with Crippen LogP contribution in [0.5, 0.6) is 0 Å². The maximum absolute atomic E-state index is 11.7. The molecule has 2 heterocycles. The summed E-state index contributed by atoms with van der Waals surface area (Å²) in [6, 6.07) is 7.90. The molecule has 0 bridgehead atoms. The Morgan fingerprint density at radius 3 is 2.61 bits per heavy atom. The van der Waals surface area contributed by atoms with Gasteiger partial charge in [-0.2, -0.15) is 0 Å². The standard InChI is InChI=1S/C13H15NO2S2/c1-3-8-16-13(15)11-5-4-9(17-11)10-6-7-12(14-2)18-10/h4-7,14H,3,8H2,1-2H3. The molecule has 0 aliphatic heterocycles. The van der Waals surface area contributed by atoms with Crippen LogP contribution in [0, 0.1) is 0 Å². The van der Waals surface area contributed by atoms with Crippen LogP contribution in [0.1, 0.15) is 23.0 Å². The molecule has 2 aromatic heterocycles.